The molecule has 42 heavy (non-hydrogen) atoms. The van der Waals surface area contributed by atoms with E-state index in [2.05, 4.69) is 28.1 Å². The summed E-state index contributed by atoms with van der Waals surface area (Å²) >= 11 is 0. The van der Waals surface area contributed by atoms with Crippen LogP contribution in [0.2, 0.25) is 0 Å². The Morgan fingerprint density at radius 1 is 0.738 bits per heavy atom. The van der Waals surface area contributed by atoms with Gasteiger partial charge in [-0.2, -0.15) is 0 Å². The van der Waals surface area contributed by atoms with Gasteiger partial charge < -0.3 is 24.8 Å². The van der Waals surface area contributed by atoms with Crippen molar-refractivity contribution in [2.45, 2.75) is 19.8 Å². The fourth-order valence-electron chi connectivity index (χ4n) is 6.14. The molecular weight excluding hydrogens is 524 g/mol. The van der Waals surface area contributed by atoms with Crippen LogP contribution in [-0.2, 0) is 0 Å². The molecule has 2 amide bonds. The summed E-state index contributed by atoms with van der Waals surface area (Å²) in [7, 11) is 1.70. The summed E-state index contributed by atoms with van der Waals surface area (Å²) in [5, 5.41) is 5.00. The van der Waals surface area contributed by atoms with Gasteiger partial charge in [-0.1, -0.05) is 55.5 Å². The number of nitrogens with one attached hydrogen (secondary N) is 1. The van der Waals surface area contributed by atoms with Crippen LogP contribution in [0.1, 0.15) is 40.5 Å². The zero-order chi connectivity index (χ0) is 29.1. The molecule has 0 saturated carbocycles. The number of piperazine rings is 1. The number of hydrogen-bond donors (Lipinski definition) is 1. The molecule has 0 aromatic heterocycles. The van der Waals surface area contributed by atoms with Crippen molar-refractivity contribution >= 4 is 39.6 Å². The first-order valence-corrected chi connectivity index (χ1v) is 14.9. The molecule has 4 aromatic rings. The van der Waals surface area contributed by atoms with Crippen LogP contribution in [-0.4, -0.2) is 63.1 Å². The van der Waals surface area contributed by atoms with E-state index in [1.54, 1.807) is 7.11 Å². The number of nitrogens with zero attached hydrogens (tertiary/aromatic N) is 3. The number of methoxy groups -OCH3 is 1. The van der Waals surface area contributed by atoms with Gasteiger partial charge in [0.2, 0.25) is 0 Å². The largest absolute Gasteiger partial charge is 0.495 e. The third kappa shape index (κ3) is 5.64. The fraction of sp³-hybridized carbons (Fsp3) is 0.314. The monoisotopic (exact) mass is 562 g/mol. The Kier molecular flexibility index (Phi) is 8.00. The minimum absolute atomic E-state index is 0.0327. The molecule has 7 nitrogen and oxygen atoms in total. The molecule has 2 heterocycles. The second-order valence-corrected chi connectivity index (χ2v) is 11.3. The quantitative estimate of drug-likeness (QED) is 0.299. The van der Waals surface area contributed by atoms with E-state index in [9.17, 15) is 9.59 Å². The van der Waals surface area contributed by atoms with Gasteiger partial charge in [-0.15, -0.1) is 0 Å². The highest BCUT2D eigenvalue weighted by Crippen LogP contribution is 2.32. The zero-order valence-corrected chi connectivity index (χ0v) is 24.4. The van der Waals surface area contributed by atoms with Gasteiger partial charge in [-0.3, -0.25) is 9.59 Å². The minimum atomic E-state index is -0.185. The molecule has 216 valence electrons. The number of para-hydroxylation sites is 2. The SMILES string of the molecule is COc1ccccc1N1CCN(c2ccc(NC(=O)c3cccc4ccccc34)cc2C(=O)N2CCC(C)CC2)CC1. The lowest BCUT2D eigenvalue weighted by atomic mass is 9.98. The first-order valence-electron chi connectivity index (χ1n) is 14.9. The summed E-state index contributed by atoms with van der Waals surface area (Å²) in [5.74, 6) is 1.34. The predicted octanol–water partition coefficient (Wildman–Crippen LogP) is 6.30. The summed E-state index contributed by atoms with van der Waals surface area (Å²) < 4.78 is 5.60. The van der Waals surface area contributed by atoms with Crippen LogP contribution in [0.5, 0.6) is 5.75 Å². The van der Waals surface area contributed by atoms with E-state index >= 15 is 0 Å². The number of carbonyl (C=O) groups excluding carboxylic acids is 2. The average Bonchev–Trinajstić information content (AvgIpc) is 3.04. The Morgan fingerprint density at radius 2 is 1.40 bits per heavy atom. The molecule has 2 aliphatic rings. The molecule has 2 fully saturated rings. The van der Waals surface area contributed by atoms with Gasteiger partial charge in [-0.05, 0) is 65.9 Å². The zero-order valence-electron chi connectivity index (χ0n) is 24.4. The molecular formula is C35H38N4O3. The molecule has 2 aliphatic heterocycles. The summed E-state index contributed by atoms with van der Waals surface area (Å²) in [6.07, 6.45) is 2.02. The predicted molar refractivity (Wildman–Crippen MR) is 170 cm³/mol. The maximum Gasteiger partial charge on any atom is 0.256 e. The van der Waals surface area contributed by atoms with E-state index in [1.165, 1.54) is 0 Å². The molecule has 6 rings (SSSR count). The van der Waals surface area contributed by atoms with E-state index in [0.717, 1.165) is 80.0 Å². The molecule has 0 bridgehead atoms. The molecule has 0 aliphatic carbocycles. The van der Waals surface area contributed by atoms with Gasteiger partial charge in [0.15, 0.2) is 0 Å². The summed E-state index contributed by atoms with van der Waals surface area (Å²) in [6, 6.07) is 27.5. The number of fused-ring (bicyclic) bond motifs is 1. The van der Waals surface area contributed by atoms with Crippen LogP contribution in [0.3, 0.4) is 0 Å². The van der Waals surface area contributed by atoms with E-state index in [-0.39, 0.29) is 11.8 Å². The molecule has 4 aromatic carbocycles. The standard InChI is InChI=1S/C35H38N4O3/c1-25-16-18-39(19-17-25)35(41)30-24-27(36-34(40)29-11-7-9-26-8-3-4-10-28(26)29)14-15-31(30)37-20-22-38(23-21-37)32-12-5-6-13-33(32)42-2/h3-15,24-25H,16-23H2,1-2H3,(H,36,40). The normalized spacial score (nSPS) is 16.0. The Bertz CT molecular complexity index is 1580. The van der Waals surface area contributed by atoms with Crippen LogP contribution in [0.4, 0.5) is 17.1 Å². The fourth-order valence-corrected chi connectivity index (χ4v) is 6.14. The van der Waals surface area contributed by atoms with Gasteiger partial charge in [0.25, 0.3) is 11.8 Å². The molecule has 0 radical (unpaired) electrons. The van der Waals surface area contributed by atoms with Crippen molar-refractivity contribution in [1.82, 2.24) is 4.90 Å². The number of benzene rings is 4. The van der Waals surface area contributed by atoms with Crippen molar-refractivity contribution in [3.63, 3.8) is 0 Å². The van der Waals surface area contributed by atoms with Crippen LogP contribution >= 0.6 is 0 Å². The van der Waals surface area contributed by atoms with Crippen LogP contribution in [0.15, 0.2) is 84.9 Å². The van der Waals surface area contributed by atoms with Gasteiger partial charge in [-0.25, -0.2) is 0 Å². The Balaban J connectivity index is 1.26. The maximum absolute atomic E-state index is 14.0. The van der Waals surface area contributed by atoms with Gasteiger partial charge in [0, 0.05) is 56.2 Å². The highest BCUT2D eigenvalue weighted by atomic mass is 16.5. The Morgan fingerprint density at radius 3 is 2.17 bits per heavy atom. The van der Waals surface area contributed by atoms with Crippen LogP contribution in [0.25, 0.3) is 10.8 Å². The highest BCUT2D eigenvalue weighted by molar-refractivity contribution is 6.13. The van der Waals surface area contributed by atoms with Crippen molar-refractivity contribution in [3.8, 4) is 5.75 Å². The second-order valence-electron chi connectivity index (χ2n) is 11.3. The lowest BCUT2D eigenvalue weighted by molar-refractivity contribution is 0.0697. The summed E-state index contributed by atoms with van der Waals surface area (Å²) in [5.41, 5.74) is 3.89. The molecule has 1 N–H and O–H groups in total. The number of carbonyl (C=O) groups is 2. The Labute approximate surface area is 247 Å². The minimum Gasteiger partial charge on any atom is -0.495 e. The third-order valence-corrected chi connectivity index (χ3v) is 8.64. The number of likely N-dealkylation sites (tertiary alicyclic amines) is 1. The highest BCUT2D eigenvalue weighted by Gasteiger charge is 2.28. The van der Waals surface area contributed by atoms with Crippen molar-refractivity contribution < 1.29 is 14.3 Å². The molecule has 0 spiro atoms. The number of piperidine rings is 1. The number of rotatable bonds is 6. The number of anilines is 3. The number of hydrogen-bond acceptors (Lipinski definition) is 5. The van der Waals surface area contributed by atoms with Gasteiger partial charge in [0.1, 0.15) is 5.75 Å². The molecule has 2 saturated heterocycles. The van der Waals surface area contributed by atoms with E-state index < -0.39 is 0 Å². The van der Waals surface area contributed by atoms with Gasteiger partial charge in [0.05, 0.1) is 18.4 Å². The van der Waals surface area contributed by atoms with Crippen LogP contribution in [0, 0.1) is 5.92 Å². The smallest absolute Gasteiger partial charge is 0.256 e. The number of ether oxygens (including phenoxy) is 1. The van der Waals surface area contributed by atoms with Crippen molar-refractivity contribution in [2.24, 2.45) is 5.92 Å². The first-order chi connectivity index (χ1) is 20.5. The number of amides is 2. The second kappa shape index (κ2) is 12.1. The topological polar surface area (TPSA) is 65.1 Å². The molecule has 0 atom stereocenters. The molecule has 0 unspecified atom stereocenters. The summed E-state index contributed by atoms with van der Waals surface area (Å²) in [6.45, 7) is 6.94. The maximum atomic E-state index is 14.0. The van der Waals surface area contributed by atoms with E-state index in [1.807, 2.05) is 83.8 Å². The van der Waals surface area contributed by atoms with Crippen molar-refractivity contribution in [2.75, 3.05) is 61.5 Å². The van der Waals surface area contributed by atoms with Crippen LogP contribution < -0.4 is 19.9 Å². The van der Waals surface area contributed by atoms with Crippen molar-refractivity contribution in [3.05, 3.63) is 96.1 Å². The van der Waals surface area contributed by atoms with E-state index in [4.69, 9.17) is 4.74 Å². The lowest BCUT2D eigenvalue weighted by Gasteiger charge is -2.39. The van der Waals surface area contributed by atoms with E-state index in [0.29, 0.717) is 22.7 Å². The lowest BCUT2D eigenvalue weighted by Crippen LogP contribution is -2.47. The summed E-state index contributed by atoms with van der Waals surface area (Å²) in [4.78, 5) is 34.0. The van der Waals surface area contributed by atoms with Gasteiger partial charge >= 0.3 is 0 Å². The average molecular weight is 563 g/mol. The Hall–Kier alpha value is -4.52. The third-order valence-electron chi connectivity index (χ3n) is 8.64. The first kappa shape index (κ1) is 27.6. The molecule has 7 heteroatoms. The van der Waals surface area contributed by atoms with Crippen molar-refractivity contribution in [1.29, 1.82) is 0 Å².